The predicted molar refractivity (Wildman–Crippen MR) is 98.0 cm³/mol. The Morgan fingerprint density at radius 2 is 1.48 bits per heavy atom. The molecule has 0 bridgehead atoms. The molecule has 0 radical (unpaired) electrons. The van der Waals surface area contributed by atoms with Gasteiger partial charge in [-0.25, -0.2) is 13.1 Å². The van der Waals surface area contributed by atoms with Gasteiger partial charge in [-0.15, -0.1) is 0 Å². The van der Waals surface area contributed by atoms with E-state index in [1.54, 1.807) is 24.3 Å². The first-order valence-corrected chi connectivity index (χ1v) is 9.99. The summed E-state index contributed by atoms with van der Waals surface area (Å²) in [5.41, 5.74) is 2.23. The van der Waals surface area contributed by atoms with Gasteiger partial charge in [0.2, 0.25) is 10.0 Å². The summed E-state index contributed by atoms with van der Waals surface area (Å²) in [6, 6.07) is 14.6. The molecule has 2 rings (SSSR count). The smallest absolute Gasteiger partial charge is 0.207 e. The van der Waals surface area contributed by atoms with E-state index < -0.39 is 10.0 Å². The van der Waals surface area contributed by atoms with Gasteiger partial charge in [0.1, 0.15) is 0 Å². The molecule has 0 aliphatic rings. The summed E-state index contributed by atoms with van der Waals surface area (Å²) in [5.74, 6) is 0.462. The van der Waals surface area contributed by atoms with Crippen LogP contribution in [0.5, 0.6) is 0 Å². The zero-order valence-electron chi connectivity index (χ0n) is 13.6. The van der Waals surface area contributed by atoms with Crippen molar-refractivity contribution in [3.05, 3.63) is 64.1 Å². The molecule has 0 amide bonds. The van der Waals surface area contributed by atoms with Crippen molar-refractivity contribution in [3.63, 3.8) is 0 Å². The van der Waals surface area contributed by atoms with E-state index in [1.807, 2.05) is 19.1 Å². The van der Waals surface area contributed by atoms with Crippen LogP contribution in [0.4, 0.5) is 0 Å². The normalized spacial score (nSPS) is 13.3. The lowest BCUT2D eigenvalue weighted by molar-refractivity contribution is 0.550. The van der Waals surface area contributed by atoms with Crippen LogP contribution in [0.1, 0.15) is 50.3 Å². The second-order valence-electron chi connectivity index (χ2n) is 5.86. The molecule has 0 aliphatic heterocycles. The van der Waals surface area contributed by atoms with Crippen LogP contribution < -0.4 is 4.72 Å². The van der Waals surface area contributed by atoms with Crippen molar-refractivity contribution in [2.75, 3.05) is 0 Å². The average Bonchev–Trinajstić information content (AvgIpc) is 2.53. The Labute approximate surface area is 147 Å². The van der Waals surface area contributed by atoms with Gasteiger partial charge in [-0.05, 0) is 47.7 Å². The van der Waals surface area contributed by atoms with Gasteiger partial charge in [0, 0.05) is 10.5 Å². The highest BCUT2D eigenvalue weighted by Gasteiger charge is 2.20. The second kappa shape index (κ2) is 7.60. The van der Waals surface area contributed by atoms with Crippen molar-refractivity contribution in [1.82, 2.24) is 4.72 Å². The Hall–Kier alpha value is -1.17. The molecule has 0 fully saturated rings. The third kappa shape index (κ3) is 4.66. The number of benzene rings is 2. The summed E-state index contributed by atoms with van der Waals surface area (Å²) in [6.07, 6.45) is 0.691. The molecule has 124 valence electrons. The molecule has 23 heavy (non-hydrogen) atoms. The Balaban J connectivity index is 2.22. The highest BCUT2D eigenvalue weighted by Crippen LogP contribution is 2.23. The van der Waals surface area contributed by atoms with Crippen LogP contribution in [-0.4, -0.2) is 8.42 Å². The van der Waals surface area contributed by atoms with Crippen LogP contribution in [0.2, 0.25) is 0 Å². The van der Waals surface area contributed by atoms with Gasteiger partial charge in [0.25, 0.3) is 0 Å². The lowest BCUT2D eigenvalue weighted by Gasteiger charge is -2.18. The lowest BCUT2D eigenvalue weighted by atomic mass is 9.98. The minimum Gasteiger partial charge on any atom is -0.207 e. The van der Waals surface area contributed by atoms with Crippen LogP contribution in [0, 0.1) is 0 Å². The van der Waals surface area contributed by atoms with E-state index >= 15 is 0 Å². The summed E-state index contributed by atoms with van der Waals surface area (Å²) in [6.45, 7) is 6.26. The molecule has 0 saturated carbocycles. The first-order chi connectivity index (χ1) is 10.8. The molecule has 2 aromatic carbocycles. The number of halogens is 1. The number of hydrogen-bond acceptors (Lipinski definition) is 2. The molecule has 0 saturated heterocycles. The maximum Gasteiger partial charge on any atom is 0.241 e. The van der Waals surface area contributed by atoms with Crippen molar-refractivity contribution in [2.45, 2.75) is 44.0 Å². The highest BCUT2D eigenvalue weighted by atomic mass is 79.9. The van der Waals surface area contributed by atoms with Crippen molar-refractivity contribution in [1.29, 1.82) is 0 Å². The van der Waals surface area contributed by atoms with E-state index in [4.69, 9.17) is 0 Å². The topological polar surface area (TPSA) is 46.2 Å². The van der Waals surface area contributed by atoms with Gasteiger partial charge in [0.15, 0.2) is 0 Å². The maximum absolute atomic E-state index is 12.5. The quantitative estimate of drug-likeness (QED) is 0.747. The largest absolute Gasteiger partial charge is 0.241 e. The SMILES string of the molecule is CCC(NS(=O)(=O)c1ccc(Br)cc1)c1ccc(C(C)C)cc1. The van der Waals surface area contributed by atoms with Crippen LogP contribution in [0.15, 0.2) is 57.9 Å². The zero-order chi connectivity index (χ0) is 17.0. The van der Waals surface area contributed by atoms with E-state index in [0.717, 1.165) is 10.0 Å². The first kappa shape index (κ1) is 18.2. The van der Waals surface area contributed by atoms with Gasteiger partial charge >= 0.3 is 0 Å². The van der Waals surface area contributed by atoms with Crippen molar-refractivity contribution in [2.24, 2.45) is 0 Å². The van der Waals surface area contributed by atoms with Crippen LogP contribution in [0.3, 0.4) is 0 Å². The summed E-state index contributed by atoms with van der Waals surface area (Å²) in [7, 11) is -3.53. The standard InChI is InChI=1S/C18H22BrNO2S/c1-4-18(15-7-5-14(6-8-15)13(2)3)20-23(21,22)17-11-9-16(19)10-12-17/h5-13,18,20H,4H2,1-3H3. The fraction of sp³-hybridized carbons (Fsp3) is 0.333. The number of sulfonamides is 1. The molecule has 3 nitrogen and oxygen atoms in total. The van der Waals surface area contributed by atoms with Crippen molar-refractivity contribution in [3.8, 4) is 0 Å². The fourth-order valence-electron chi connectivity index (χ4n) is 2.37. The molecule has 0 aromatic heterocycles. The number of hydrogen-bond donors (Lipinski definition) is 1. The molecule has 0 heterocycles. The second-order valence-corrected chi connectivity index (χ2v) is 8.49. The molecule has 0 spiro atoms. The molecular formula is C18H22BrNO2S. The highest BCUT2D eigenvalue weighted by molar-refractivity contribution is 9.10. The first-order valence-electron chi connectivity index (χ1n) is 7.71. The Morgan fingerprint density at radius 3 is 1.96 bits per heavy atom. The van der Waals surface area contributed by atoms with Gasteiger partial charge in [0.05, 0.1) is 4.90 Å². The molecule has 5 heteroatoms. The average molecular weight is 396 g/mol. The van der Waals surface area contributed by atoms with Gasteiger partial charge < -0.3 is 0 Å². The van der Waals surface area contributed by atoms with E-state index in [9.17, 15) is 8.42 Å². The molecule has 1 atom stereocenters. The third-order valence-corrected chi connectivity index (χ3v) is 5.85. The fourth-order valence-corrected chi connectivity index (χ4v) is 3.94. The van der Waals surface area contributed by atoms with Crippen LogP contribution in [0.25, 0.3) is 0 Å². The van der Waals surface area contributed by atoms with Crippen LogP contribution in [-0.2, 0) is 10.0 Å². The Kier molecular flexibility index (Phi) is 6.00. The molecule has 2 aromatic rings. The Morgan fingerprint density at radius 1 is 0.957 bits per heavy atom. The minimum absolute atomic E-state index is 0.232. The third-order valence-electron chi connectivity index (χ3n) is 3.84. The molecule has 0 aliphatic carbocycles. The van der Waals surface area contributed by atoms with E-state index in [0.29, 0.717) is 12.3 Å². The summed E-state index contributed by atoms with van der Waals surface area (Å²) >= 11 is 3.32. The van der Waals surface area contributed by atoms with Crippen LogP contribution >= 0.6 is 15.9 Å². The van der Waals surface area contributed by atoms with Crippen molar-refractivity contribution < 1.29 is 8.42 Å². The summed E-state index contributed by atoms with van der Waals surface area (Å²) in [4.78, 5) is 0.276. The minimum atomic E-state index is -3.53. The monoisotopic (exact) mass is 395 g/mol. The molecule has 1 unspecified atom stereocenters. The zero-order valence-corrected chi connectivity index (χ0v) is 16.0. The molecule has 1 N–H and O–H groups in total. The van der Waals surface area contributed by atoms with E-state index in [1.165, 1.54) is 5.56 Å². The van der Waals surface area contributed by atoms with E-state index in [2.05, 4.69) is 46.6 Å². The predicted octanol–water partition coefficient (Wildman–Crippen LogP) is 5.00. The molecular weight excluding hydrogens is 374 g/mol. The van der Waals surface area contributed by atoms with Gasteiger partial charge in [-0.1, -0.05) is 61.0 Å². The Bertz CT molecular complexity index is 738. The number of nitrogens with one attached hydrogen (secondary N) is 1. The maximum atomic E-state index is 12.5. The summed E-state index contributed by atoms with van der Waals surface area (Å²) < 4.78 is 28.7. The van der Waals surface area contributed by atoms with Gasteiger partial charge in [-0.2, -0.15) is 0 Å². The van der Waals surface area contributed by atoms with Gasteiger partial charge in [-0.3, -0.25) is 0 Å². The van der Waals surface area contributed by atoms with Crippen molar-refractivity contribution >= 4 is 26.0 Å². The summed E-state index contributed by atoms with van der Waals surface area (Å²) in [5, 5.41) is 0. The number of rotatable bonds is 6. The van der Waals surface area contributed by atoms with E-state index in [-0.39, 0.29) is 10.9 Å². The lowest BCUT2D eigenvalue weighted by Crippen LogP contribution is -2.28.